The molecule has 0 saturated heterocycles. The number of hydrogen-bond acceptors (Lipinski definition) is 1. The first-order chi connectivity index (χ1) is 13.7. The SMILES string of the molecule is C/C(=C/C[C@@H](C)C(C)C)C1=CC[C@H]2[C@@H]3CC[C@@H]4C[C@@H](O)CC[C@]4(C)[C@H]3CC[C@]12C. The van der Waals surface area contributed by atoms with Crippen molar-refractivity contribution in [2.45, 2.75) is 105 Å². The number of aliphatic hydroxyl groups excluding tert-OH is 1. The maximum Gasteiger partial charge on any atom is 0.0543 e. The fourth-order valence-corrected chi connectivity index (χ4v) is 8.16. The zero-order valence-electron chi connectivity index (χ0n) is 20.0. The molecule has 164 valence electrons. The molecule has 8 atom stereocenters. The van der Waals surface area contributed by atoms with Crippen molar-refractivity contribution in [3.8, 4) is 0 Å². The molecule has 29 heavy (non-hydrogen) atoms. The van der Waals surface area contributed by atoms with Crippen LogP contribution in [0.15, 0.2) is 23.3 Å². The van der Waals surface area contributed by atoms with Crippen LogP contribution in [0.4, 0.5) is 0 Å². The lowest BCUT2D eigenvalue weighted by atomic mass is 9.44. The molecule has 0 aliphatic heterocycles. The molecule has 0 aromatic heterocycles. The molecule has 1 nitrogen and oxygen atoms in total. The van der Waals surface area contributed by atoms with Gasteiger partial charge in [-0.3, -0.25) is 0 Å². The third-order valence-electron chi connectivity index (χ3n) is 10.6. The Labute approximate surface area is 180 Å². The lowest BCUT2D eigenvalue weighted by Gasteiger charge is -2.60. The van der Waals surface area contributed by atoms with E-state index in [1.165, 1.54) is 44.9 Å². The predicted octanol–water partition coefficient (Wildman–Crippen LogP) is 7.55. The molecule has 4 aliphatic rings. The molecule has 0 heterocycles. The third-order valence-corrected chi connectivity index (χ3v) is 10.6. The van der Waals surface area contributed by atoms with E-state index in [9.17, 15) is 5.11 Å². The van der Waals surface area contributed by atoms with E-state index in [0.29, 0.717) is 10.8 Å². The number of hydrogen-bond donors (Lipinski definition) is 1. The van der Waals surface area contributed by atoms with Gasteiger partial charge in [-0.1, -0.05) is 52.3 Å². The quantitative estimate of drug-likeness (QED) is 0.518. The van der Waals surface area contributed by atoms with E-state index in [-0.39, 0.29) is 6.10 Å². The molecule has 4 aliphatic carbocycles. The second-order valence-electron chi connectivity index (χ2n) is 12.2. The van der Waals surface area contributed by atoms with Gasteiger partial charge in [0.05, 0.1) is 6.10 Å². The van der Waals surface area contributed by atoms with Crippen molar-refractivity contribution in [3.63, 3.8) is 0 Å². The predicted molar refractivity (Wildman–Crippen MR) is 124 cm³/mol. The largest absolute Gasteiger partial charge is 0.393 e. The van der Waals surface area contributed by atoms with Crippen LogP contribution in [0.3, 0.4) is 0 Å². The molecule has 4 rings (SSSR count). The van der Waals surface area contributed by atoms with E-state index in [1.54, 1.807) is 11.1 Å². The number of allylic oxidation sites excluding steroid dienone is 4. The summed E-state index contributed by atoms with van der Waals surface area (Å²) in [5.41, 5.74) is 4.16. The highest BCUT2D eigenvalue weighted by Crippen LogP contribution is 2.66. The van der Waals surface area contributed by atoms with Crippen LogP contribution in [-0.4, -0.2) is 11.2 Å². The van der Waals surface area contributed by atoms with Gasteiger partial charge < -0.3 is 5.11 Å². The Kier molecular flexibility index (Phi) is 5.86. The van der Waals surface area contributed by atoms with Crippen LogP contribution in [0.1, 0.15) is 99.3 Å². The molecular formula is C28H46O. The first-order valence-electron chi connectivity index (χ1n) is 12.7. The van der Waals surface area contributed by atoms with E-state index in [2.05, 4.69) is 53.7 Å². The molecule has 3 fully saturated rings. The summed E-state index contributed by atoms with van der Waals surface area (Å²) in [5.74, 6) is 4.95. The molecule has 0 aromatic carbocycles. The lowest BCUT2D eigenvalue weighted by Crippen LogP contribution is -2.53. The Morgan fingerprint density at radius 1 is 1.10 bits per heavy atom. The van der Waals surface area contributed by atoms with E-state index in [1.807, 2.05) is 0 Å². The van der Waals surface area contributed by atoms with Gasteiger partial charge in [0.2, 0.25) is 0 Å². The molecule has 3 saturated carbocycles. The zero-order valence-corrected chi connectivity index (χ0v) is 20.0. The highest BCUT2D eigenvalue weighted by Gasteiger charge is 2.58. The maximum atomic E-state index is 10.3. The second kappa shape index (κ2) is 7.85. The van der Waals surface area contributed by atoms with Crippen molar-refractivity contribution in [2.24, 2.45) is 46.3 Å². The van der Waals surface area contributed by atoms with Gasteiger partial charge in [0, 0.05) is 0 Å². The minimum atomic E-state index is -0.0285. The van der Waals surface area contributed by atoms with Crippen molar-refractivity contribution in [2.75, 3.05) is 0 Å². The fourth-order valence-electron chi connectivity index (χ4n) is 8.16. The van der Waals surface area contributed by atoms with Crippen LogP contribution in [0.25, 0.3) is 0 Å². The maximum absolute atomic E-state index is 10.3. The summed E-state index contributed by atoms with van der Waals surface area (Å²) in [6.07, 6.45) is 16.6. The molecule has 0 amide bonds. The van der Waals surface area contributed by atoms with Gasteiger partial charge in [-0.15, -0.1) is 0 Å². The van der Waals surface area contributed by atoms with Crippen molar-refractivity contribution in [1.82, 2.24) is 0 Å². The minimum Gasteiger partial charge on any atom is -0.393 e. The molecule has 0 unspecified atom stereocenters. The number of fused-ring (bicyclic) bond motifs is 5. The monoisotopic (exact) mass is 398 g/mol. The van der Waals surface area contributed by atoms with Gasteiger partial charge in [0.1, 0.15) is 0 Å². The Morgan fingerprint density at radius 3 is 2.59 bits per heavy atom. The van der Waals surface area contributed by atoms with Crippen LogP contribution >= 0.6 is 0 Å². The molecule has 0 aromatic rings. The van der Waals surface area contributed by atoms with Gasteiger partial charge in [0.25, 0.3) is 0 Å². The van der Waals surface area contributed by atoms with Gasteiger partial charge in [-0.05, 0) is 117 Å². The first kappa shape index (κ1) is 21.7. The molecule has 0 bridgehead atoms. The Balaban J connectivity index is 1.52. The third kappa shape index (κ3) is 3.58. The Bertz CT molecular complexity index is 672. The van der Waals surface area contributed by atoms with Gasteiger partial charge in [-0.25, -0.2) is 0 Å². The topological polar surface area (TPSA) is 20.2 Å². The average Bonchev–Trinajstić information content (AvgIpc) is 3.03. The highest BCUT2D eigenvalue weighted by molar-refractivity contribution is 5.40. The average molecular weight is 399 g/mol. The van der Waals surface area contributed by atoms with Gasteiger partial charge in [-0.2, -0.15) is 0 Å². The fraction of sp³-hybridized carbons (Fsp3) is 0.857. The van der Waals surface area contributed by atoms with Crippen LogP contribution in [0.5, 0.6) is 0 Å². The molecule has 1 heteroatoms. The zero-order chi connectivity index (χ0) is 21.0. The van der Waals surface area contributed by atoms with Crippen molar-refractivity contribution >= 4 is 0 Å². The standard InChI is InChI=1S/C28H46O/c1-18(2)19(3)7-8-20(4)24-11-12-25-23-10-9-21-17-22(29)13-15-27(21,5)26(23)14-16-28(24,25)6/h8,11,18-19,21-23,25-26,29H,7,9-10,12-17H2,1-6H3/b20-8-/t19-,21-,22+,23+,25+,26+,27+,28-/m1/s1. The normalized spacial score (nSPS) is 46.0. The van der Waals surface area contributed by atoms with E-state index >= 15 is 0 Å². The molecule has 0 radical (unpaired) electrons. The van der Waals surface area contributed by atoms with Crippen LogP contribution < -0.4 is 0 Å². The van der Waals surface area contributed by atoms with Gasteiger partial charge in [0.15, 0.2) is 0 Å². The smallest absolute Gasteiger partial charge is 0.0543 e. The van der Waals surface area contributed by atoms with Crippen LogP contribution in [0, 0.1) is 46.3 Å². The molecular weight excluding hydrogens is 352 g/mol. The Hall–Kier alpha value is -0.560. The molecule has 1 N–H and O–H groups in total. The number of aliphatic hydroxyl groups is 1. The van der Waals surface area contributed by atoms with E-state index in [0.717, 1.165) is 48.3 Å². The van der Waals surface area contributed by atoms with Crippen molar-refractivity contribution < 1.29 is 5.11 Å². The second-order valence-corrected chi connectivity index (χ2v) is 12.2. The summed E-state index contributed by atoms with van der Waals surface area (Å²) >= 11 is 0. The molecule has 0 spiro atoms. The summed E-state index contributed by atoms with van der Waals surface area (Å²) in [5, 5.41) is 10.3. The van der Waals surface area contributed by atoms with Crippen LogP contribution in [0.2, 0.25) is 0 Å². The minimum absolute atomic E-state index is 0.0285. The van der Waals surface area contributed by atoms with Crippen LogP contribution in [-0.2, 0) is 0 Å². The Morgan fingerprint density at radius 2 is 1.86 bits per heavy atom. The number of rotatable bonds is 4. The summed E-state index contributed by atoms with van der Waals surface area (Å²) in [6, 6.07) is 0. The summed E-state index contributed by atoms with van der Waals surface area (Å²) < 4.78 is 0. The van der Waals surface area contributed by atoms with Crippen molar-refractivity contribution in [3.05, 3.63) is 23.3 Å². The first-order valence-corrected chi connectivity index (χ1v) is 12.7. The van der Waals surface area contributed by atoms with E-state index < -0.39 is 0 Å². The van der Waals surface area contributed by atoms with E-state index in [4.69, 9.17) is 0 Å². The summed E-state index contributed by atoms with van der Waals surface area (Å²) in [4.78, 5) is 0. The lowest BCUT2D eigenvalue weighted by molar-refractivity contribution is -0.117. The summed E-state index contributed by atoms with van der Waals surface area (Å²) in [6.45, 7) is 14.7. The van der Waals surface area contributed by atoms with Crippen molar-refractivity contribution in [1.29, 1.82) is 0 Å². The summed E-state index contributed by atoms with van der Waals surface area (Å²) in [7, 11) is 0. The van der Waals surface area contributed by atoms with Gasteiger partial charge >= 0.3 is 0 Å². The highest BCUT2D eigenvalue weighted by atomic mass is 16.3.